The third-order valence-corrected chi connectivity index (χ3v) is 5.51. The summed E-state index contributed by atoms with van der Waals surface area (Å²) in [5.74, 6) is 0.635. The average molecular weight is 496 g/mol. The number of piperidine rings is 1. The molecule has 1 aliphatic heterocycles. The fraction of sp³-hybridized carbons (Fsp3) is 0.542. The molecule has 0 aromatic heterocycles. The summed E-state index contributed by atoms with van der Waals surface area (Å²) in [6.45, 7) is 5.96. The van der Waals surface area contributed by atoms with Crippen molar-refractivity contribution in [3.8, 4) is 11.5 Å². The predicted octanol–water partition coefficient (Wildman–Crippen LogP) is 3.39. The highest BCUT2D eigenvalue weighted by Gasteiger charge is 2.24. The van der Waals surface area contributed by atoms with Crippen molar-refractivity contribution in [3.63, 3.8) is 0 Å². The van der Waals surface area contributed by atoms with Crippen molar-refractivity contribution in [2.24, 2.45) is 0 Å². The molecule has 2 N–H and O–H groups in total. The number of methoxy groups -OCH3 is 1. The molecular weight excluding hydrogens is 462 g/mol. The summed E-state index contributed by atoms with van der Waals surface area (Å²) >= 11 is 6.22. The van der Waals surface area contributed by atoms with Crippen LogP contribution < -0.4 is 20.1 Å². The lowest BCUT2D eigenvalue weighted by molar-refractivity contribution is -0.122. The van der Waals surface area contributed by atoms with Crippen molar-refractivity contribution in [1.82, 2.24) is 15.5 Å². The van der Waals surface area contributed by atoms with E-state index in [2.05, 4.69) is 10.6 Å². The van der Waals surface area contributed by atoms with Crippen LogP contribution in [0.3, 0.4) is 0 Å². The predicted molar refractivity (Wildman–Crippen MR) is 130 cm³/mol. The molecule has 10 heteroatoms. The van der Waals surface area contributed by atoms with E-state index >= 15 is 0 Å². The molecule has 3 amide bonds. The Morgan fingerprint density at radius 3 is 2.56 bits per heavy atom. The van der Waals surface area contributed by atoms with Crippen LogP contribution in [0, 0.1) is 0 Å². The summed E-state index contributed by atoms with van der Waals surface area (Å²) in [5.41, 5.74) is 0.706. The number of likely N-dealkylation sites (tertiary alicyclic amines) is 1. The standard InChI is InChI=1S/C24H34ClN3O6/c1-4-33-20-16-17(15-19(25)23(20)32-3)8-9-21(29)26-12-6-7-22(30)27-18-10-13-28(14-11-18)24(31)34-5-2/h8-9,15-16,18H,4-7,10-14H2,1-3H3,(H,26,29)(H,27,30)/b9-8+. The number of carbonyl (C=O) groups is 3. The first-order chi connectivity index (χ1) is 16.4. The smallest absolute Gasteiger partial charge is 0.409 e. The maximum atomic E-state index is 12.2. The zero-order chi connectivity index (χ0) is 24.9. The second-order valence-corrected chi connectivity index (χ2v) is 8.13. The lowest BCUT2D eigenvalue weighted by atomic mass is 10.1. The monoisotopic (exact) mass is 495 g/mol. The van der Waals surface area contributed by atoms with E-state index < -0.39 is 0 Å². The number of rotatable bonds is 11. The van der Waals surface area contributed by atoms with E-state index in [0.717, 1.165) is 0 Å². The fourth-order valence-corrected chi connectivity index (χ4v) is 3.85. The van der Waals surface area contributed by atoms with Gasteiger partial charge in [0.05, 0.1) is 25.3 Å². The van der Waals surface area contributed by atoms with Crippen LogP contribution in [0.4, 0.5) is 4.79 Å². The van der Waals surface area contributed by atoms with E-state index in [1.807, 2.05) is 6.92 Å². The molecule has 9 nitrogen and oxygen atoms in total. The second kappa shape index (κ2) is 14.3. The number of nitrogens with zero attached hydrogens (tertiary/aromatic N) is 1. The summed E-state index contributed by atoms with van der Waals surface area (Å²) < 4.78 is 15.8. The molecule has 0 aliphatic carbocycles. The molecule has 1 aromatic carbocycles. The maximum absolute atomic E-state index is 12.2. The van der Waals surface area contributed by atoms with E-state index in [-0.39, 0.29) is 23.9 Å². The molecule has 0 spiro atoms. The molecule has 1 fully saturated rings. The average Bonchev–Trinajstić information content (AvgIpc) is 2.81. The molecular formula is C24H34ClN3O6. The van der Waals surface area contributed by atoms with E-state index in [9.17, 15) is 14.4 Å². The minimum atomic E-state index is -0.304. The molecule has 188 valence electrons. The molecule has 1 aliphatic rings. The maximum Gasteiger partial charge on any atom is 0.409 e. The number of carbonyl (C=O) groups excluding carboxylic acids is 3. The van der Waals surface area contributed by atoms with Crippen LogP contribution in [-0.2, 0) is 14.3 Å². The molecule has 1 heterocycles. The van der Waals surface area contributed by atoms with Gasteiger partial charge in [0.15, 0.2) is 11.5 Å². The van der Waals surface area contributed by atoms with Crippen molar-refractivity contribution >= 4 is 35.6 Å². The molecule has 0 bridgehead atoms. The largest absolute Gasteiger partial charge is 0.491 e. The van der Waals surface area contributed by atoms with E-state index in [4.69, 9.17) is 25.8 Å². The van der Waals surface area contributed by atoms with Gasteiger partial charge in [-0.1, -0.05) is 11.6 Å². The SMILES string of the molecule is CCOC(=O)N1CCC(NC(=O)CCCNC(=O)/C=C/c2cc(Cl)c(OC)c(OCC)c2)CC1. The molecule has 1 aromatic rings. The van der Waals surface area contributed by atoms with Gasteiger partial charge < -0.3 is 29.7 Å². The van der Waals surface area contributed by atoms with E-state index in [1.54, 1.807) is 30.0 Å². The van der Waals surface area contributed by atoms with Gasteiger partial charge in [-0.2, -0.15) is 0 Å². The Labute approximate surface area is 205 Å². The minimum Gasteiger partial charge on any atom is -0.491 e. The van der Waals surface area contributed by atoms with Crippen LogP contribution >= 0.6 is 11.6 Å². The zero-order valence-electron chi connectivity index (χ0n) is 20.0. The second-order valence-electron chi connectivity index (χ2n) is 7.72. The molecule has 0 atom stereocenters. The Morgan fingerprint density at radius 1 is 1.18 bits per heavy atom. The normalized spacial score (nSPS) is 14.1. The van der Waals surface area contributed by atoms with E-state index in [1.165, 1.54) is 13.2 Å². The topological polar surface area (TPSA) is 106 Å². The van der Waals surface area contributed by atoms with Crippen LogP contribution in [0.25, 0.3) is 6.08 Å². The van der Waals surface area contributed by atoms with Gasteiger partial charge in [-0.25, -0.2) is 4.79 Å². The Balaban J connectivity index is 1.68. The van der Waals surface area contributed by atoms with Crippen molar-refractivity contribution in [2.75, 3.05) is 40.0 Å². The number of benzene rings is 1. The zero-order valence-corrected chi connectivity index (χ0v) is 20.8. The Hall–Kier alpha value is -2.94. The van der Waals surface area contributed by atoms with Crippen LogP contribution in [0.2, 0.25) is 5.02 Å². The van der Waals surface area contributed by atoms with Gasteiger partial charge in [0.2, 0.25) is 11.8 Å². The Bertz CT molecular complexity index is 869. The molecule has 1 saturated heterocycles. The van der Waals surface area contributed by atoms with E-state index in [0.29, 0.717) is 80.6 Å². The molecule has 2 rings (SSSR count). The highest BCUT2D eigenvalue weighted by Crippen LogP contribution is 2.36. The van der Waals surface area contributed by atoms with Gasteiger partial charge >= 0.3 is 6.09 Å². The minimum absolute atomic E-state index is 0.0496. The van der Waals surface area contributed by atoms with Gasteiger partial charge in [-0.05, 0) is 56.9 Å². The molecule has 0 unspecified atom stereocenters. The first-order valence-electron chi connectivity index (χ1n) is 11.5. The molecule has 0 radical (unpaired) electrons. The van der Waals surface area contributed by atoms with Gasteiger partial charge in [-0.15, -0.1) is 0 Å². The Morgan fingerprint density at radius 2 is 1.91 bits per heavy atom. The lowest BCUT2D eigenvalue weighted by Gasteiger charge is -2.31. The highest BCUT2D eigenvalue weighted by atomic mass is 35.5. The first kappa shape index (κ1) is 27.3. The first-order valence-corrected chi connectivity index (χ1v) is 11.9. The van der Waals surface area contributed by atoms with Crippen molar-refractivity contribution in [3.05, 3.63) is 28.8 Å². The number of amides is 3. The summed E-state index contributed by atoms with van der Waals surface area (Å²) in [6.07, 6.45) is 4.98. The summed E-state index contributed by atoms with van der Waals surface area (Å²) in [5, 5.41) is 6.16. The van der Waals surface area contributed by atoms with Gasteiger partial charge in [0, 0.05) is 38.2 Å². The van der Waals surface area contributed by atoms with Gasteiger partial charge in [0.25, 0.3) is 0 Å². The Kier molecular flexibility index (Phi) is 11.5. The number of hydrogen-bond acceptors (Lipinski definition) is 6. The number of ether oxygens (including phenoxy) is 3. The third-order valence-electron chi connectivity index (χ3n) is 5.23. The lowest BCUT2D eigenvalue weighted by Crippen LogP contribution is -2.46. The summed E-state index contributed by atoms with van der Waals surface area (Å²) in [6, 6.07) is 3.49. The van der Waals surface area contributed by atoms with Gasteiger partial charge in [-0.3, -0.25) is 9.59 Å². The number of hydrogen-bond donors (Lipinski definition) is 2. The number of nitrogens with one attached hydrogen (secondary N) is 2. The van der Waals surface area contributed by atoms with Crippen molar-refractivity contribution < 1.29 is 28.6 Å². The molecule has 0 saturated carbocycles. The van der Waals surface area contributed by atoms with Crippen LogP contribution in [0.5, 0.6) is 11.5 Å². The highest BCUT2D eigenvalue weighted by molar-refractivity contribution is 6.32. The fourth-order valence-electron chi connectivity index (χ4n) is 3.56. The summed E-state index contributed by atoms with van der Waals surface area (Å²) in [7, 11) is 1.52. The van der Waals surface area contributed by atoms with Crippen molar-refractivity contribution in [1.29, 1.82) is 0 Å². The van der Waals surface area contributed by atoms with Crippen molar-refractivity contribution in [2.45, 2.75) is 45.6 Å². The van der Waals surface area contributed by atoms with Crippen LogP contribution in [0.1, 0.15) is 45.1 Å². The quantitative estimate of drug-likeness (QED) is 0.360. The molecule has 34 heavy (non-hydrogen) atoms. The van der Waals surface area contributed by atoms with Gasteiger partial charge in [0.1, 0.15) is 0 Å². The van der Waals surface area contributed by atoms with Crippen LogP contribution in [0.15, 0.2) is 18.2 Å². The van der Waals surface area contributed by atoms with Crippen LogP contribution in [-0.4, -0.2) is 68.8 Å². The summed E-state index contributed by atoms with van der Waals surface area (Å²) in [4.78, 5) is 37.7. The third kappa shape index (κ3) is 8.78. The number of halogens is 1.